The number of halogens is 1. The Morgan fingerprint density at radius 3 is 2.76 bits per heavy atom. The topological polar surface area (TPSA) is 24.5 Å². The minimum atomic E-state index is -0.132. The van der Waals surface area contributed by atoms with E-state index in [0.717, 1.165) is 31.6 Å². The molecule has 1 aliphatic heterocycles. The summed E-state index contributed by atoms with van der Waals surface area (Å²) in [5.74, 6) is -0.132. The van der Waals surface area contributed by atoms with Crippen molar-refractivity contribution in [2.24, 2.45) is 0 Å². The van der Waals surface area contributed by atoms with Gasteiger partial charge in [-0.1, -0.05) is 18.2 Å². The molecule has 3 nitrogen and oxygen atoms in total. The van der Waals surface area contributed by atoms with Gasteiger partial charge in [0.2, 0.25) is 0 Å². The number of hydrogen-bond donors (Lipinski definition) is 1. The molecule has 1 aromatic rings. The third-order valence-electron chi connectivity index (χ3n) is 4.00. The minimum Gasteiger partial charge on any atom is -0.370 e. The van der Waals surface area contributed by atoms with E-state index in [-0.39, 0.29) is 23.6 Å². The number of nitrogens with zero attached hydrogens (tertiary/aromatic N) is 1. The van der Waals surface area contributed by atoms with Gasteiger partial charge in [-0.05, 0) is 40.3 Å². The fourth-order valence-corrected chi connectivity index (χ4v) is 3.28. The first-order valence-electron chi connectivity index (χ1n) is 7.73. The lowest BCUT2D eigenvalue weighted by Crippen LogP contribution is -2.52. The van der Waals surface area contributed by atoms with Crippen molar-refractivity contribution in [1.29, 1.82) is 0 Å². The number of nitrogens with one attached hydrogen (secondary N) is 1. The van der Waals surface area contributed by atoms with Crippen LogP contribution in [-0.2, 0) is 4.74 Å². The van der Waals surface area contributed by atoms with Crippen LogP contribution in [-0.4, -0.2) is 43.3 Å². The third kappa shape index (κ3) is 4.50. The summed E-state index contributed by atoms with van der Waals surface area (Å²) in [4.78, 5) is 2.42. The largest absolute Gasteiger partial charge is 0.370 e. The minimum absolute atomic E-state index is 0.0486. The van der Waals surface area contributed by atoms with Crippen LogP contribution < -0.4 is 5.32 Å². The van der Waals surface area contributed by atoms with Gasteiger partial charge in [-0.3, -0.25) is 4.90 Å². The highest BCUT2D eigenvalue weighted by atomic mass is 19.1. The summed E-state index contributed by atoms with van der Waals surface area (Å²) in [7, 11) is 1.89. The maximum atomic E-state index is 13.9. The van der Waals surface area contributed by atoms with Crippen molar-refractivity contribution in [3.8, 4) is 0 Å². The number of rotatable bonds is 5. The lowest BCUT2D eigenvalue weighted by atomic mass is 10.0. The molecule has 118 valence electrons. The predicted molar refractivity (Wildman–Crippen MR) is 83.9 cm³/mol. The monoisotopic (exact) mass is 294 g/mol. The molecule has 0 spiro atoms. The molecule has 2 rings (SSSR count). The first kappa shape index (κ1) is 16.4. The molecular formula is C17H27FN2O. The van der Waals surface area contributed by atoms with Crippen molar-refractivity contribution >= 4 is 0 Å². The SMILES string of the molecule is CNC(CCN1CC(C)OC(C)(C)C1)c1ccccc1F. The van der Waals surface area contributed by atoms with Gasteiger partial charge < -0.3 is 10.1 Å². The van der Waals surface area contributed by atoms with Crippen molar-refractivity contribution in [2.45, 2.75) is 44.9 Å². The van der Waals surface area contributed by atoms with Crippen LogP contribution in [0.25, 0.3) is 0 Å². The first-order chi connectivity index (χ1) is 9.91. The Morgan fingerprint density at radius 2 is 2.14 bits per heavy atom. The zero-order valence-electron chi connectivity index (χ0n) is 13.5. The molecule has 21 heavy (non-hydrogen) atoms. The summed E-state index contributed by atoms with van der Waals surface area (Å²) in [6.45, 7) is 9.17. The zero-order valence-corrected chi connectivity index (χ0v) is 13.5. The highest BCUT2D eigenvalue weighted by Crippen LogP contribution is 2.24. The first-order valence-corrected chi connectivity index (χ1v) is 7.73. The van der Waals surface area contributed by atoms with Crippen molar-refractivity contribution in [3.05, 3.63) is 35.6 Å². The molecular weight excluding hydrogens is 267 g/mol. The fraction of sp³-hybridized carbons (Fsp3) is 0.647. The highest BCUT2D eigenvalue weighted by molar-refractivity contribution is 5.21. The summed E-state index contributed by atoms with van der Waals surface area (Å²) < 4.78 is 19.8. The van der Waals surface area contributed by atoms with Crippen LogP contribution >= 0.6 is 0 Å². The lowest BCUT2D eigenvalue weighted by Gasteiger charge is -2.42. The summed E-state index contributed by atoms with van der Waals surface area (Å²) >= 11 is 0. The molecule has 1 fully saturated rings. The molecule has 1 aliphatic rings. The molecule has 1 aromatic carbocycles. The van der Waals surface area contributed by atoms with Crippen LogP contribution in [0.3, 0.4) is 0 Å². The van der Waals surface area contributed by atoms with E-state index in [9.17, 15) is 4.39 Å². The molecule has 0 aromatic heterocycles. The van der Waals surface area contributed by atoms with E-state index in [0.29, 0.717) is 0 Å². The number of benzene rings is 1. The molecule has 0 saturated carbocycles. The molecule has 0 amide bonds. The number of ether oxygens (including phenoxy) is 1. The Bertz CT molecular complexity index is 464. The van der Waals surface area contributed by atoms with Crippen LogP contribution in [0.5, 0.6) is 0 Å². The number of morpholine rings is 1. The quantitative estimate of drug-likeness (QED) is 0.903. The summed E-state index contributed by atoms with van der Waals surface area (Å²) in [6, 6.07) is 7.06. The van der Waals surface area contributed by atoms with Gasteiger partial charge in [-0.15, -0.1) is 0 Å². The molecule has 0 bridgehead atoms. The predicted octanol–water partition coefficient (Wildman–Crippen LogP) is 2.98. The van der Waals surface area contributed by atoms with Gasteiger partial charge in [0, 0.05) is 31.2 Å². The van der Waals surface area contributed by atoms with Gasteiger partial charge >= 0.3 is 0 Å². The Morgan fingerprint density at radius 1 is 1.43 bits per heavy atom. The van der Waals surface area contributed by atoms with Crippen molar-refractivity contribution in [1.82, 2.24) is 10.2 Å². The molecule has 0 aliphatic carbocycles. The maximum absolute atomic E-state index is 13.9. The van der Waals surface area contributed by atoms with E-state index in [1.54, 1.807) is 6.07 Å². The third-order valence-corrected chi connectivity index (χ3v) is 4.00. The average molecular weight is 294 g/mol. The second-order valence-electron chi connectivity index (χ2n) is 6.57. The second kappa shape index (κ2) is 6.86. The molecule has 4 heteroatoms. The lowest BCUT2D eigenvalue weighted by molar-refractivity contribution is -0.129. The van der Waals surface area contributed by atoms with E-state index >= 15 is 0 Å². The second-order valence-corrected chi connectivity index (χ2v) is 6.57. The smallest absolute Gasteiger partial charge is 0.127 e. The Balaban J connectivity index is 1.96. The van der Waals surface area contributed by atoms with Gasteiger partial charge in [0.25, 0.3) is 0 Å². The summed E-state index contributed by atoms with van der Waals surface area (Å²) in [6.07, 6.45) is 1.13. The maximum Gasteiger partial charge on any atom is 0.127 e. The van der Waals surface area contributed by atoms with E-state index in [1.165, 1.54) is 6.07 Å². The van der Waals surface area contributed by atoms with Crippen LogP contribution in [0.2, 0.25) is 0 Å². The van der Waals surface area contributed by atoms with Crippen LogP contribution in [0.4, 0.5) is 4.39 Å². The Kier molecular flexibility index (Phi) is 5.36. The summed E-state index contributed by atoms with van der Waals surface area (Å²) in [5, 5.41) is 3.23. The van der Waals surface area contributed by atoms with E-state index in [4.69, 9.17) is 4.74 Å². The van der Waals surface area contributed by atoms with Gasteiger partial charge in [-0.25, -0.2) is 4.39 Å². The van der Waals surface area contributed by atoms with Gasteiger partial charge in [0.1, 0.15) is 5.82 Å². The van der Waals surface area contributed by atoms with Gasteiger partial charge in [0.15, 0.2) is 0 Å². The molecule has 1 heterocycles. The standard InChI is InChI=1S/C17H27FN2O/c1-13-11-20(12-17(2,3)21-13)10-9-16(19-4)14-7-5-6-8-15(14)18/h5-8,13,16,19H,9-12H2,1-4H3. The molecule has 1 saturated heterocycles. The fourth-order valence-electron chi connectivity index (χ4n) is 3.28. The van der Waals surface area contributed by atoms with Crippen molar-refractivity contribution in [3.63, 3.8) is 0 Å². The van der Waals surface area contributed by atoms with Crippen LogP contribution in [0.15, 0.2) is 24.3 Å². The molecule has 1 N–H and O–H groups in total. The van der Waals surface area contributed by atoms with Crippen LogP contribution in [0, 0.1) is 5.82 Å². The highest BCUT2D eigenvalue weighted by Gasteiger charge is 2.31. The van der Waals surface area contributed by atoms with E-state index in [2.05, 4.69) is 31.0 Å². The molecule has 2 unspecified atom stereocenters. The van der Waals surface area contributed by atoms with Gasteiger partial charge in [-0.2, -0.15) is 0 Å². The van der Waals surface area contributed by atoms with Crippen molar-refractivity contribution < 1.29 is 9.13 Å². The van der Waals surface area contributed by atoms with Gasteiger partial charge in [0.05, 0.1) is 11.7 Å². The van der Waals surface area contributed by atoms with E-state index in [1.807, 2.05) is 19.2 Å². The summed E-state index contributed by atoms with van der Waals surface area (Å²) in [5.41, 5.74) is 0.644. The van der Waals surface area contributed by atoms with E-state index < -0.39 is 0 Å². The van der Waals surface area contributed by atoms with Crippen molar-refractivity contribution in [2.75, 3.05) is 26.7 Å². The number of hydrogen-bond acceptors (Lipinski definition) is 3. The Labute approximate surface area is 127 Å². The zero-order chi connectivity index (χ0) is 15.5. The normalized spacial score (nSPS) is 24.0. The Hall–Kier alpha value is -0.970. The molecule has 0 radical (unpaired) electrons. The molecule has 2 atom stereocenters. The average Bonchev–Trinajstić information content (AvgIpc) is 2.39. The van der Waals surface area contributed by atoms with Crippen LogP contribution in [0.1, 0.15) is 38.8 Å².